The lowest BCUT2D eigenvalue weighted by Gasteiger charge is -2.05. The maximum Gasteiger partial charge on any atom is 0.335 e. The molecule has 0 aliphatic rings. The van der Waals surface area contributed by atoms with Gasteiger partial charge in [0.25, 0.3) is 0 Å². The molecule has 0 spiro atoms. The van der Waals surface area contributed by atoms with Gasteiger partial charge in [-0.25, -0.2) is 14.3 Å². The number of aromatic nitrogens is 3. The highest BCUT2D eigenvalue weighted by Gasteiger charge is 2.09. The molecule has 0 atom stereocenters. The van der Waals surface area contributed by atoms with Gasteiger partial charge < -0.3 is 9.84 Å². The van der Waals surface area contributed by atoms with Crippen molar-refractivity contribution in [1.82, 2.24) is 14.6 Å². The number of aryl methyl sites for hydroxylation is 1. The van der Waals surface area contributed by atoms with E-state index in [1.54, 1.807) is 6.20 Å². The summed E-state index contributed by atoms with van der Waals surface area (Å²) < 4.78 is 7.21. The quantitative estimate of drug-likeness (QED) is 0.795. The van der Waals surface area contributed by atoms with Crippen LogP contribution in [0.15, 0.2) is 42.6 Å². The van der Waals surface area contributed by atoms with E-state index in [9.17, 15) is 4.79 Å². The summed E-state index contributed by atoms with van der Waals surface area (Å²) in [4.78, 5) is 15.2. The third-order valence-corrected chi connectivity index (χ3v) is 3.08. The van der Waals surface area contributed by atoms with Crippen molar-refractivity contribution in [2.24, 2.45) is 0 Å². The number of fused-ring (bicyclic) bond motifs is 1. The number of pyridine rings is 1. The summed E-state index contributed by atoms with van der Waals surface area (Å²) in [7, 11) is 0. The second-order valence-electron chi connectivity index (χ2n) is 4.61. The summed E-state index contributed by atoms with van der Waals surface area (Å²) in [6, 6.07) is 10.7. The number of aromatic carboxylic acids is 1. The Balaban J connectivity index is 1.82. The van der Waals surface area contributed by atoms with Crippen LogP contribution in [0.3, 0.4) is 0 Å². The van der Waals surface area contributed by atoms with Gasteiger partial charge in [0, 0.05) is 6.20 Å². The zero-order valence-corrected chi connectivity index (χ0v) is 11.4. The molecule has 0 amide bonds. The topological polar surface area (TPSA) is 76.7 Å². The van der Waals surface area contributed by atoms with E-state index >= 15 is 0 Å². The molecule has 0 unspecified atom stereocenters. The molecule has 2 heterocycles. The third-order valence-electron chi connectivity index (χ3n) is 3.08. The fraction of sp³-hybridized carbons (Fsp3) is 0.133. The van der Waals surface area contributed by atoms with Crippen LogP contribution in [0.2, 0.25) is 0 Å². The summed E-state index contributed by atoms with van der Waals surface area (Å²) in [6.07, 6.45) is 1.57. The van der Waals surface area contributed by atoms with E-state index in [0.29, 0.717) is 11.5 Å². The molecular formula is C15H13N3O3. The van der Waals surface area contributed by atoms with Crippen LogP contribution in [0.5, 0.6) is 5.75 Å². The van der Waals surface area contributed by atoms with E-state index in [1.165, 1.54) is 16.6 Å². The highest BCUT2D eigenvalue weighted by molar-refractivity contribution is 5.88. The molecule has 3 aromatic rings. The van der Waals surface area contributed by atoms with Gasteiger partial charge in [-0.3, -0.25) is 0 Å². The number of rotatable bonds is 4. The molecule has 0 aliphatic heterocycles. The van der Waals surface area contributed by atoms with Gasteiger partial charge in [0.2, 0.25) is 0 Å². The lowest BCUT2D eigenvalue weighted by Crippen LogP contribution is -1.99. The molecule has 0 fully saturated rings. The van der Waals surface area contributed by atoms with Crippen LogP contribution >= 0.6 is 0 Å². The molecule has 1 N–H and O–H groups in total. The van der Waals surface area contributed by atoms with Crippen LogP contribution in [0.25, 0.3) is 5.65 Å². The molecule has 6 nitrogen and oxygen atoms in total. The van der Waals surface area contributed by atoms with Crippen LogP contribution in [-0.2, 0) is 6.61 Å². The van der Waals surface area contributed by atoms with E-state index in [4.69, 9.17) is 9.84 Å². The molecule has 2 aromatic heterocycles. The fourth-order valence-electron chi connectivity index (χ4n) is 1.98. The molecule has 0 bridgehead atoms. The summed E-state index contributed by atoms with van der Waals surface area (Å²) in [5.74, 6) is 0.293. The molecule has 0 aliphatic carbocycles. The Labute approximate surface area is 120 Å². The van der Waals surface area contributed by atoms with E-state index in [-0.39, 0.29) is 12.2 Å². The number of carbonyl (C=O) groups is 1. The summed E-state index contributed by atoms with van der Waals surface area (Å²) in [5.41, 5.74) is 1.70. The molecule has 0 radical (unpaired) electrons. The predicted molar refractivity (Wildman–Crippen MR) is 75.5 cm³/mol. The van der Waals surface area contributed by atoms with Crippen molar-refractivity contribution in [2.45, 2.75) is 13.5 Å². The average molecular weight is 283 g/mol. The minimum absolute atomic E-state index is 0.182. The van der Waals surface area contributed by atoms with Gasteiger partial charge in [-0.1, -0.05) is 18.2 Å². The summed E-state index contributed by atoms with van der Waals surface area (Å²) in [6.45, 7) is 2.19. The number of carboxylic acid groups (broad SMARTS) is 1. The van der Waals surface area contributed by atoms with Gasteiger partial charge in [0.05, 0.1) is 5.56 Å². The third kappa shape index (κ3) is 2.69. The molecule has 0 saturated heterocycles. The first-order chi connectivity index (χ1) is 10.1. The minimum atomic E-state index is -0.988. The molecule has 3 rings (SSSR count). The lowest BCUT2D eigenvalue weighted by molar-refractivity contribution is 0.0697. The normalized spacial score (nSPS) is 10.7. The molecule has 106 valence electrons. The van der Waals surface area contributed by atoms with Crippen molar-refractivity contribution < 1.29 is 14.6 Å². The van der Waals surface area contributed by atoms with Crippen LogP contribution < -0.4 is 4.74 Å². The van der Waals surface area contributed by atoms with Crippen LogP contribution in [-0.4, -0.2) is 25.7 Å². The molecule has 0 saturated carbocycles. The van der Waals surface area contributed by atoms with Crippen LogP contribution in [0.1, 0.15) is 21.7 Å². The van der Waals surface area contributed by atoms with Crippen molar-refractivity contribution in [3.05, 3.63) is 59.5 Å². The minimum Gasteiger partial charge on any atom is -0.485 e. The summed E-state index contributed by atoms with van der Waals surface area (Å²) in [5, 5.41) is 13.2. The molecule has 6 heteroatoms. The predicted octanol–water partition coefficient (Wildman–Crippen LogP) is 2.31. The van der Waals surface area contributed by atoms with Gasteiger partial charge in [-0.2, -0.15) is 0 Å². The Morgan fingerprint density at radius 1 is 1.33 bits per heavy atom. The van der Waals surface area contributed by atoms with Gasteiger partial charge in [0.1, 0.15) is 12.4 Å². The Kier molecular flexibility index (Phi) is 3.27. The number of hydrogen-bond donors (Lipinski definition) is 1. The zero-order valence-electron chi connectivity index (χ0n) is 11.4. The SMILES string of the molecule is Cc1ccccc1OCc1nc2cc(C(=O)O)ccn2n1. The highest BCUT2D eigenvalue weighted by Crippen LogP contribution is 2.17. The van der Waals surface area contributed by atoms with E-state index < -0.39 is 5.97 Å². The van der Waals surface area contributed by atoms with Gasteiger partial charge in [-0.15, -0.1) is 5.10 Å². The maximum atomic E-state index is 10.9. The molecular weight excluding hydrogens is 270 g/mol. The Morgan fingerprint density at radius 3 is 2.90 bits per heavy atom. The number of benzene rings is 1. The average Bonchev–Trinajstić information content (AvgIpc) is 2.88. The number of hydrogen-bond acceptors (Lipinski definition) is 4. The maximum absolute atomic E-state index is 10.9. The molecule has 1 aromatic carbocycles. The first-order valence-corrected chi connectivity index (χ1v) is 6.40. The number of ether oxygens (including phenoxy) is 1. The fourth-order valence-corrected chi connectivity index (χ4v) is 1.98. The largest absolute Gasteiger partial charge is 0.485 e. The van der Waals surface area contributed by atoms with Crippen molar-refractivity contribution in [1.29, 1.82) is 0 Å². The van der Waals surface area contributed by atoms with Crippen LogP contribution in [0, 0.1) is 6.92 Å². The van der Waals surface area contributed by atoms with Gasteiger partial charge >= 0.3 is 5.97 Å². The van der Waals surface area contributed by atoms with E-state index in [2.05, 4.69) is 10.1 Å². The van der Waals surface area contributed by atoms with Crippen LogP contribution in [0.4, 0.5) is 0 Å². The first-order valence-electron chi connectivity index (χ1n) is 6.40. The first kappa shape index (κ1) is 13.1. The second-order valence-corrected chi connectivity index (χ2v) is 4.61. The van der Waals surface area contributed by atoms with Gasteiger partial charge in [-0.05, 0) is 30.7 Å². The highest BCUT2D eigenvalue weighted by atomic mass is 16.5. The Morgan fingerprint density at radius 2 is 2.14 bits per heavy atom. The van der Waals surface area contributed by atoms with E-state index in [1.807, 2.05) is 31.2 Å². The lowest BCUT2D eigenvalue weighted by atomic mass is 10.2. The van der Waals surface area contributed by atoms with Crippen molar-refractivity contribution in [3.63, 3.8) is 0 Å². The Hall–Kier alpha value is -2.89. The van der Waals surface area contributed by atoms with Gasteiger partial charge in [0.15, 0.2) is 11.5 Å². The molecule has 21 heavy (non-hydrogen) atoms. The summed E-state index contributed by atoms with van der Waals surface area (Å²) >= 11 is 0. The van der Waals surface area contributed by atoms with Crippen molar-refractivity contribution in [3.8, 4) is 5.75 Å². The smallest absolute Gasteiger partial charge is 0.335 e. The number of para-hydroxylation sites is 1. The standard InChI is InChI=1S/C15H13N3O3/c1-10-4-2-3-5-12(10)21-9-13-16-14-8-11(15(19)20)6-7-18(14)17-13/h2-8H,9H2,1H3,(H,19,20). The zero-order chi connectivity index (χ0) is 14.8. The monoisotopic (exact) mass is 283 g/mol. The van der Waals surface area contributed by atoms with Crippen molar-refractivity contribution >= 4 is 11.6 Å². The van der Waals surface area contributed by atoms with Crippen molar-refractivity contribution in [2.75, 3.05) is 0 Å². The Bertz CT molecular complexity index is 811. The number of nitrogens with zero attached hydrogens (tertiary/aromatic N) is 3. The second kappa shape index (κ2) is 5.24. The number of carboxylic acids is 1. The van der Waals surface area contributed by atoms with E-state index in [0.717, 1.165) is 11.3 Å².